The number of carbonyl (C=O) groups is 2. The van der Waals surface area contributed by atoms with E-state index in [1.807, 2.05) is 21.0 Å². The van der Waals surface area contributed by atoms with E-state index >= 15 is 0 Å². The maximum absolute atomic E-state index is 11.4. The van der Waals surface area contributed by atoms with Gasteiger partial charge in [0, 0.05) is 18.9 Å². The van der Waals surface area contributed by atoms with Gasteiger partial charge in [-0.3, -0.25) is 9.59 Å². The van der Waals surface area contributed by atoms with Crippen molar-refractivity contribution in [2.75, 3.05) is 20.6 Å². The van der Waals surface area contributed by atoms with Crippen LogP contribution in [0.4, 0.5) is 0 Å². The third-order valence-corrected chi connectivity index (χ3v) is 2.21. The predicted octanol–water partition coefficient (Wildman–Crippen LogP) is 0.698. The standard InChI is InChI=1S/C11H22N2O3/c1-9(7-8-13(2)3)12-10(14)5-4-6-11(15)16/h9H,4-8H2,1-3H3,(H,12,14)(H,15,16). The van der Waals surface area contributed by atoms with Crippen LogP contribution in [0.3, 0.4) is 0 Å². The average Bonchev–Trinajstić information content (AvgIpc) is 2.14. The first-order chi connectivity index (χ1) is 7.41. The minimum atomic E-state index is -0.853. The van der Waals surface area contributed by atoms with E-state index in [0.717, 1.165) is 13.0 Å². The second-order valence-corrected chi connectivity index (χ2v) is 4.31. The summed E-state index contributed by atoms with van der Waals surface area (Å²) in [6, 6.07) is 0.139. The first-order valence-electron chi connectivity index (χ1n) is 5.57. The summed E-state index contributed by atoms with van der Waals surface area (Å²) in [6.45, 7) is 2.88. The van der Waals surface area contributed by atoms with Crippen LogP contribution in [0.5, 0.6) is 0 Å². The topological polar surface area (TPSA) is 69.6 Å². The van der Waals surface area contributed by atoms with E-state index in [-0.39, 0.29) is 18.4 Å². The Labute approximate surface area is 96.8 Å². The van der Waals surface area contributed by atoms with Crippen LogP contribution in [0, 0.1) is 0 Å². The van der Waals surface area contributed by atoms with Gasteiger partial charge in [0.2, 0.25) is 5.91 Å². The van der Waals surface area contributed by atoms with Crippen LogP contribution in [0.15, 0.2) is 0 Å². The second-order valence-electron chi connectivity index (χ2n) is 4.31. The fourth-order valence-corrected chi connectivity index (χ4v) is 1.27. The van der Waals surface area contributed by atoms with E-state index in [0.29, 0.717) is 12.8 Å². The molecule has 0 heterocycles. The summed E-state index contributed by atoms with van der Waals surface area (Å²) in [7, 11) is 3.98. The molecule has 16 heavy (non-hydrogen) atoms. The molecular formula is C11H22N2O3. The van der Waals surface area contributed by atoms with Crippen molar-refractivity contribution in [1.29, 1.82) is 0 Å². The summed E-state index contributed by atoms with van der Waals surface area (Å²) < 4.78 is 0. The molecule has 2 N–H and O–H groups in total. The summed E-state index contributed by atoms with van der Waals surface area (Å²) in [4.78, 5) is 23.7. The molecule has 0 saturated carbocycles. The molecule has 1 atom stereocenters. The summed E-state index contributed by atoms with van der Waals surface area (Å²) in [5.41, 5.74) is 0. The summed E-state index contributed by atoms with van der Waals surface area (Å²) in [5, 5.41) is 11.3. The first-order valence-corrected chi connectivity index (χ1v) is 5.57. The Morgan fingerprint density at radius 2 is 1.94 bits per heavy atom. The molecule has 0 aromatic rings. The van der Waals surface area contributed by atoms with E-state index in [2.05, 4.69) is 10.2 Å². The zero-order valence-corrected chi connectivity index (χ0v) is 10.3. The molecule has 0 saturated heterocycles. The molecule has 5 nitrogen and oxygen atoms in total. The lowest BCUT2D eigenvalue weighted by molar-refractivity contribution is -0.137. The normalized spacial score (nSPS) is 12.5. The lowest BCUT2D eigenvalue weighted by atomic mass is 10.2. The molecule has 0 radical (unpaired) electrons. The molecule has 0 aromatic carbocycles. The highest BCUT2D eigenvalue weighted by Gasteiger charge is 2.08. The molecule has 0 aliphatic heterocycles. The maximum atomic E-state index is 11.4. The molecule has 0 aliphatic carbocycles. The third kappa shape index (κ3) is 9.45. The molecule has 1 amide bonds. The van der Waals surface area contributed by atoms with Gasteiger partial charge >= 0.3 is 5.97 Å². The van der Waals surface area contributed by atoms with Gasteiger partial charge in [-0.2, -0.15) is 0 Å². The predicted molar refractivity (Wildman–Crippen MR) is 62.3 cm³/mol. The van der Waals surface area contributed by atoms with E-state index < -0.39 is 5.97 Å². The van der Waals surface area contributed by atoms with Crippen molar-refractivity contribution in [2.24, 2.45) is 0 Å². The van der Waals surface area contributed by atoms with Crippen LogP contribution in [0.25, 0.3) is 0 Å². The number of amides is 1. The molecule has 0 fully saturated rings. The monoisotopic (exact) mass is 230 g/mol. The number of rotatable bonds is 8. The van der Waals surface area contributed by atoms with Gasteiger partial charge in [-0.15, -0.1) is 0 Å². The van der Waals surface area contributed by atoms with Crippen molar-refractivity contribution in [1.82, 2.24) is 10.2 Å². The molecule has 94 valence electrons. The van der Waals surface area contributed by atoms with Crippen molar-refractivity contribution in [3.63, 3.8) is 0 Å². The average molecular weight is 230 g/mol. The van der Waals surface area contributed by atoms with Crippen molar-refractivity contribution < 1.29 is 14.7 Å². The number of aliphatic carboxylic acids is 1. The highest BCUT2D eigenvalue weighted by atomic mass is 16.4. The molecule has 0 spiro atoms. The fraction of sp³-hybridized carbons (Fsp3) is 0.818. The Morgan fingerprint density at radius 3 is 2.44 bits per heavy atom. The minimum Gasteiger partial charge on any atom is -0.481 e. The molecule has 0 aliphatic rings. The number of nitrogens with one attached hydrogen (secondary N) is 1. The first kappa shape index (κ1) is 14.9. The fourth-order valence-electron chi connectivity index (χ4n) is 1.27. The summed E-state index contributed by atoms with van der Waals surface area (Å²) in [5.74, 6) is -0.916. The SMILES string of the molecule is CC(CCN(C)C)NC(=O)CCCC(=O)O. The Hall–Kier alpha value is -1.10. The lowest BCUT2D eigenvalue weighted by Crippen LogP contribution is -2.34. The molecule has 0 rings (SSSR count). The van der Waals surface area contributed by atoms with E-state index in [4.69, 9.17) is 5.11 Å². The van der Waals surface area contributed by atoms with Crippen molar-refractivity contribution in [3.05, 3.63) is 0 Å². The number of carboxylic acid groups (broad SMARTS) is 1. The van der Waals surface area contributed by atoms with Crippen LogP contribution < -0.4 is 5.32 Å². The highest BCUT2D eigenvalue weighted by molar-refractivity contribution is 5.76. The maximum Gasteiger partial charge on any atom is 0.303 e. The lowest BCUT2D eigenvalue weighted by Gasteiger charge is -2.16. The largest absolute Gasteiger partial charge is 0.481 e. The summed E-state index contributed by atoms with van der Waals surface area (Å²) >= 11 is 0. The molecule has 1 unspecified atom stereocenters. The number of hydrogen-bond donors (Lipinski definition) is 2. The zero-order valence-electron chi connectivity index (χ0n) is 10.3. The second kappa shape index (κ2) is 8.10. The van der Waals surface area contributed by atoms with Gasteiger partial charge in [0.15, 0.2) is 0 Å². The van der Waals surface area contributed by atoms with Gasteiger partial charge in [0.05, 0.1) is 0 Å². The minimum absolute atomic E-state index is 0.0551. The molecular weight excluding hydrogens is 208 g/mol. The van der Waals surface area contributed by atoms with E-state index in [1.165, 1.54) is 0 Å². The summed E-state index contributed by atoms with van der Waals surface area (Å²) in [6.07, 6.45) is 1.65. The van der Waals surface area contributed by atoms with Gasteiger partial charge in [0.25, 0.3) is 0 Å². The quantitative estimate of drug-likeness (QED) is 0.644. The van der Waals surface area contributed by atoms with Crippen LogP contribution >= 0.6 is 0 Å². The van der Waals surface area contributed by atoms with Gasteiger partial charge in [0.1, 0.15) is 0 Å². The van der Waals surface area contributed by atoms with Crippen molar-refractivity contribution in [3.8, 4) is 0 Å². The Kier molecular flexibility index (Phi) is 7.54. The molecule has 0 bridgehead atoms. The van der Waals surface area contributed by atoms with Crippen LogP contribution in [-0.4, -0.2) is 48.6 Å². The number of hydrogen-bond acceptors (Lipinski definition) is 3. The van der Waals surface area contributed by atoms with Crippen molar-refractivity contribution >= 4 is 11.9 Å². The van der Waals surface area contributed by atoms with E-state index in [1.54, 1.807) is 0 Å². The van der Waals surface area contributed by atoms with Crippen molar-refractivity contribution in [2.45, 2.75) is 38.6 Å². The van der Waals surface area contributed by atoms with Crippen LogP contribution in [-0.2, 0) is 9.59 Å². The van der Waals surface area contributed by atoms with Gasteiger partial charge in [-0.1, -0.05) is 0 Å². The number of carboxylic acids is 1. The Morgan fingerprint density at radius 1 is 1.31 bits per heavy atom. The van der Waals surface area contributed by atoms with Gasteiger partial charge in [-0.25, -0.2) is 0 Å². The molecule has 0 aromatic heterocycles. The number of carbonyl (C=O) groups excluding carboxylic acids is 1. The highest BCUT2D eigenvalue weighted by Crippen LogP contribution is 1.98. The zero-order chi connectivity index (χ0) is 12.6. The Balaban J connectivity index is 3.58. The smallest absolute Gasteiger partial charge is 0.303 e. The Bertz CT molecular complexity index is 229. The third-order valence-electron chi connectivity index (χ3n) is 2.21. The number of nitrogens with zero attached hydrogens (tertiary/aromatic N) is 1. The van der Waals surface area contributed by atoms with Crippen LogP contribution in [0.1, 0.15) is 32.6 Å². The van der Waals surface area contributed by atoms with Gasteiger partial charge in [-0.05, 0) is 40.4 Å². The molecule has 5 heteroatoms. The van der Waals surface area contributed by atoms with E-state index in [9.17, 15) is 9.59 Å². The van der Waals surface area contributed by atoms with Crippen LogP contribution in [0.2, 0.25) is 0 Å². The van der Waals surface area contributed by atoms with Gasteiger partial charge < -0.3 is 15.3 Å².